The molecule has 5 heteroatoms. The number of hydrogen-bond acceptors (Lipinski definition) is 1. The van der Waals surface area contributed by atoms with Crippen molar-refractivity contribution < 1.29 is 0 Å². The van der Waals surface area contributed by atoms with Gasteiger partial charge in [0.25, 0.3) is 0 Å². The fraction of sp³-hybridized carbons (Fsp3) is 0. The SMILES string of the molecule is c1ccc2c(c1)[se]c1nc(-c3ccc(-n4c5ccccc5c5ccccc54)cc3)c(-n3c4ccccc4c4ccccc43)n12. The second-order valence-electron chi connectivity index (χ2n) is 11.3. The van der Waals surface area contributed by atoms with E-state index in [9.17, 15) is 0 Å². The van der Waals surface area contributed by atoms with Crippen LogP contribution in [0.3, 0.4) is 0 Å². The molecule has 10 aromatic rings. The Morgan fingerprint density at radius 3 is 1.43 bits per heavy atom. The summed E-state index contributed by atoms with van der Waals surface area (Å²) in [6.45, 7) is 0. The minimum absolute atomic E-state index is 0.130. The zero-order valence-electron chi connectivity index (χ0n) is 23.6. The standard InChI is InChI=1S/C39H24N4Se/c1-5-15-31-27(11-1)28-12-2-6-16-32(28)41(31)26-23-21-25(22-24-26)37-38(43-35-19-9-10-20-36(35)44-39(43)40-37)42-33-17-7-3-13-29(33)30-14-4-8-18-34(30)42/h1-24H. The third kappa shape index (κ3) is 3.25. The van der Waals surface area contributed by atoms with Crippen LogP contribution >= 0.6 is 0 Å². The summed E-state index contributed by atoms with van der Waals surface area (Å²) < 4.78 is 9.71. The molecule has 4 aromatic heterocycles. The van der Waals surface area contributed by atoms with Crippen molar-refractivity contribution in [2.45, 2.75) is 0 Å². The second kappa shape index (κ2) is 9.07. The number of hydrogen-bond donors (Lipinski definition) is 0. The molecule has 44 heavy (non-hydrogen) atoms. The van der Waals surface area contributed by atoms with E-state index >= 15 is 0 Å². The third-order valence-corrected chi connectivity index (χ3v) is 11.0. The van der Waals surface area contributed by atoms with E-state index in [4.69, 9.17) is 4.98 Å². The molecule has 4 nitrogen and oxygen atoms in total. The van der Waals surface area contributed by atoms with Gasteiger partial charge in [-0.15, -0.1) is 0 Å². The van der Waals surface area contributed by atoms with Crippen molar-refractivity contribution in [3.8, 4) is 22.8 Å². The third-order valence-electron chi connectivity index (χ3n) is 8.90. The molecular formula is C39H24N4Se. The van der Waals surface area contributed by atoms with Gasteiger partial charge in [-0.2, -0.15) is 0 Å². The predicted molar refractivity (Wildman–Crippen MR) is 184 cm³/mol. The molecule has 0 saturated heterocycles. The van der Waals surface area contributed by atoms with Gasteiger partial charge in [-0.25, -0.2) is 0 Å². The first-order chi connectivity index (χ1) is 21.8. The van der Waals surface area contributed by atoms with Gasteiger partial charge < -0.3 is 0 Å². The van der Waals surface area contributed by atoms with Crippen LogP contribution in [0.15, 0.2) is 146 Å². The molecule has 0 unspecified atom stereocenters. The Morgan fingerprint density at radius 1 is 0.432 bits per heavy atom. The molecule has 0 bridgehead atoms. The van der Waals surface area contributed by atoms with Gasteiger partial charge in [0.05, 0.1) is 0 Å². The van der Waals surface area contributed by atoms with Crippen LogP contribution in [0.5, 0.6) is 0 Å². The minimum atomic E-state index is 0.130. The maximum atomic E-state index is 5.40. The summed E-state index contributed by atoms with van der Waals surface area (Å²) in [5.74, 6) is 1.11. The fourth-order valence-corrected chi connectivity index (χ4v) is 9.16. The van der Waals surface area contributed by atoms with Crippen molar-refractivity contribution in [1.29, 1.82) is 0 Å². The summed E-state index contributed by atoms with van der Waals surface area (Å²) in [7, 11) is 0. The molecule has 0 aliphatic heterocycles. The van der Waals surface area contributed by atoms with Gasteiger partial charge in [0, 0.05) is 0 Å². The van der Waals surface area contributed by atoms with Crippen molar-refractivity contribution in [1.82, 2.24) is 18.5 Å². The number of para-hydroxylation sites is 5. The Balaban J connectivity index is 1.26. The van der Waals surface area contributed by atoms with Crippen LogP contribution in [-0.4, -0.2) is 33.0 Å². The van der Waals surface area contributed by atoms with Crippen LogP contribution < -0.4 is 0 Å². The van der Waals surface area contributed by atoms with Gasteiger partial charge in [-0.3, -0.25) is 0 Å². The molecule has 0 aliphatic carbocycles. The molecule has 0 amide bonds. The van der Waals surface area contributed by atoms with E-state index in [1.807, 2.05) is 0 Å². The number of fused-ring (bicyclic) bond motifs is 9. The number of rotatable bonds is 3. The molecule has 0 spiro atoms. The van der Waals surface area contributed by atoms with Crippen LogP contribution in [0.1, 0.15) is 0 Å². The molecular weight excluding hydrogens is 603 g/mol. The molecule has 206 valence electrons. The Morgan fingerprint density at radius 2 is 0.886 bits per heavy atom. The molecule has 4 heterocycles. The van der Waals surface area contributed by atoms with E-state index < -0.39 is 0 Å². The molecule has 0 N–H and O–H groups in total. The van der Waals surface area contributed by atoms with Gasteiger partial charge >= 0.3 is 259 Å². The summed E-state index contributed by atoms with van der Waals surface area (Å²) in [6, 6.07) is 52.5. The van der Waals surface area contributed by atoms with Crippen molar-refractivity contribution >= 4 is 72.4 Å². The summed E-state index contributed by atoms with van der Waals surface area (Å²) in [5.41, 5.74) is 9.32. The molecule has 0 saturated carbocycles. The Hall–Kier alpha value is -5.35. The average Bonchev–Trinajstić information content (AvgIpc) is 3.81. The molecule has 6 aromatic carbocycles. The Kier molecular flexibility index (Phi) is 4.98. The first-order valence-electron chi connectivity index (χ1n) is 14.8. The van der Waals surface area contributed by atoms with Crippen molar-refractivity contribution in [3.05, 3.63) is 146 Å². The molecule has 0 fully saturated rings. The van der Waals surface area contributed by atoms with Crippen LogP contribution in [0.25, 0.3) is 80.7 Å². The van der Waals surface area contributed by atoms with Gasteiger partial charge in [0.1, 0.15) is 0 Å². The number of benzene rings is 6. The van der Waals surface area contributed by atoms with Crippen LogP contribution in [0.2, 0.25) is 0 Å². The maximum absolute atomic E-state index is 5.40. The first kappa shape index (κ1) is 24.1. The van der Waals surface area contributed by atoms with E-state index in [1.165, 1.54) is 53.4 Å². The summed E-state index contributed by atoms with van der Waals surface area (Å²) in [5, 5.41) is 5.05. The average molecular weight is 628 g/mol. The topological polar surface area (TPSA) is 27.2 Å². The number of nitrogens with zero attached hydrogens (tertiary/aromatic N) is 4. The number of imidazole rings is 1. The summed E-state index contributed by atoms with van der Waals surface area (Å²) in [6.07, 6.45) is 0. The van der Waals surface area contributed by atoms with E-state index in [2.05, 4.69) is 159 Å². The van der Waals surface area contributed by atoms with Gasteiger partial charge in [0.15, 0.2) is 0 Å². The quantitative estimate of drug-likeness (QED) is 0.179. The summed E-state index contributed by atoms with van der Waals surface area (Å²) in [4.78, 5) is 5.40. The number of aromatic nitrogens is 4. The van der Waals surface area contributed by atoms with Crippen molar-refractivity contribution in [3.63, 3.8) is 0 Å². The molecule has 0 radical (unpaired) electrons. The van der Waals surface area contributed by atoms with Crippen LogP contribution in [-0.2, 0) is 0 Å². The van der Waals surface area contributed by atoms with Crippen LogP contribution in [0.4, 0.5) is 0 Å². The monoisotopic (exact) mass is 628 g/mol. The van der Waals surface area contributed by atoms with Crippen molar-refractivity contribution in [2.24, 2.45) is 0 Å². The molecule has 0 aliphatic rings. The van der Waals surface area contributed by atoms with Gasteiger partial charge in [-0.05, 0) is 0 Å². The zero-order chi connectivity index (χ0) is 28.8. The Bertz CT molecular complexity index is 2610. The first-order valence-corrected chi connectivity index (χ1v) is 16.5. The fourth-order valence-electron chi connectivity index (χ4n) is 7.02. The predicted octanol–water partition coefficient (Wildman–Crippen LogP) is 9.41. The second-order valence-corrected chi connectivity index (χ2v) is 13.4. The van der Waals surface area contributed by atoms with E-state index in [1.54, 1.807) is 0 Å². The van der Waals surface area contributed by atoms with Gasteiger partial charge in [-0.1, -0.05) is 0 Å². The van der Waals surface area contributed by atoms with E-state index in [0.717, 1.165) is 27.3 Å². The Labute approximate surface area is 258 Å². The molecule has 10 rings (SSSR count). The zero-order valence-corrected chi connectivity index (χ0v) is 25.3. The van der Waals surface area contributed by atoms with E-state index in [0.29, 0.717) is 0 Å². The van der Waals surface area contributed by atoms with Gasteiger partial charge in [0.2, 0.25) is 0 Å². The molecule has 0 atom stereocenters. The van der Waals surface area contributed by atoms with E-state index in [-0.39, 0.29) is 14.5 Å². The normalized spacial score (nSPS) is 12.1. The summed E-state index contributed by atoms with van der Waals surface area (Å²) >= 11 is 0.130. The van der Waals surface area contributed by atoms with Crippen LogP contribution in [0, 0.1) is 0 Å². The van der Waals surface area contributed by atoms with Crippen molar-refractivity contribution in [2.75, 3.05) is 0 Å².